The molecule has 3 fully saturated rings. The maximum Gasteiger partial charge on any atom is 0.339 e. The highest BCUT2D eigenvalue weighted by atomic mass is 16.7. The lowest BCUT2D eigenvalue weighted by Gasteiger charge is -2.53. The number of epoxide rings is 1. The molecule has 1 aliphatic carbocycles. The van der Waals surface area contributed by atoms with E-state index in [1.54, 1.807) is 12.5 Å². The lowest BCUT2D eigenvalue weighted by molar-refractivity contribution is -0.179. The molecule has 0 aromatic carbocycles. The molecular weight excluding hydrogens is 256 g/mol. The molecule has 1 spiro atoms. The lowest BCUT2D eigenvalue weighted by Crippen LogP contribution is -2.59. The minimum absolute atomic E-state index is 0.00784. The molecule has 4 nitrogen and oxygen atoms in total. The first kappa shape index (κ1) is 12.5. The summed E-state index contributed by atoms with van der Waals surface area (Å²) in [6.07, 6.45) is 5.89. The molecule has 3 heterocycles. The first-order valence-electron chi connectivity index (χ1n) is 7.33. The maximum absolute atomic E-state index is 12.2. The Hall–Kier alpha value is -1.29. The highest BCUT2D eigenvalue weighted by Crippen LogP contribution is 2.72. The molecule has 4 atom stereocenters. The van der Waals surface area contributed by atoms with Gasteiger partial charge in [0.2, 0.25) is 0 Å². The number of furan rings is 1. The standard InChI is InChI=1S/C16H20O4/c1-14(2)6-4-7-15(3)11(10-5-8-18-9-10)19-13(17)12-16(14,15)20-12/h5,8-9,11-12H,4,6-7H2,1-3H3/t11-,12-,15+,16+/m0/s1. The van der Waals surface area contributed by atoms with E-state index in [2.05, 4.69) is 20.8 Å². The molecule has 1 saturated carbocycles. The van der Waals surface area contributed by atoms with Crippen molar-refractivity contribution in [3.05, 3.63) is 24.2 Å². The summed E-state index contributed by atoms with van der Waals surface area (Å²) in [6, 6.07) is 1.89. The molecule has 0 N–H and O–H groups in total. The van der Waals surface area contributed by atoms with Gasteiger partial charge in [0.05, 0.1) is 12.5 Å². The number of hydrogen-bond acceptors (Lipinski definition) is 4. The van der Waals surface area contributed by atoms with Gasteiger partial charge in [-0.1, -0.05) is 27.2 Å². The lowest BCUT2D eigenvalue weighted by atomic mass is 9.51. The number of rotatable bonds is 1. The molecule has 1 aromatic rings. The molecule has 20 heavy (non-hydrogen) atoms. The van der Waals surface area contributed by atoms with Crippen molar-refractivity contribution in [1.82, 2.24) is 0 Å². The van der Waals surface area contributed by atoms with Crippen LogP contribution in [0.15, 0.2) is 23.0 Å². The van der Waals surface area contributed by atoms with Crippen LogP contribution in [0.4, 0.5) is 0 Å². The fourth-order valence-electron chi connectivity index (χ4n) is 4.85. The normalized spacial score (nSPS) is 45.2. The van der Waals surface area contributed by atoms with Crippen LogP contribution in [0.2, 0.25) is 0 Å². The predicted molar refractivity (Wildman–Crippen MR) is 70.9 cm³/mol. The molecule has 0 unspecified atom stereocenters. The summed E-state index contributed by atoms with van der Waals surface area (Å²) in [4.78, 5) is 12.2. The van der Waals surface area contributed by atoms with Gasteiger partial charge in [-0.15, -0.1) is 0 Å². The third kappa shape index (κ3) is 1.20. The molecule has 4 heteroatoms. The second-order valence-electron chi connectivity index (χ2n) is 7.26. The van der Waals surface area contributed by atoms with Crippen molar-refractivity contribution in [2.45, 2.75) is 57.8 Å². The van der Waals surface area contributed by atoms with Crippen LogP contribution in [-0.2, 0) is 14.3 Å². The van der Waals surface area contributed by atoms with Gasteiger partial charge in [0.25, 0.3) is 0 Å². The monoisotopic (exact) mass is 276 g/mol. The SMILES string of the molecule is CC1(C)CCC[C@]2(C)[C@H](c3ccoc3)OC(=O)[C@@H]3O[C@]312. The molecule has 0 radical (unpaired) electrons. The summed E-state index contributed by atoms with van der Waals surface area (Å²) in [6.45, 7) is 6.64. The Bertz CT molecular complexity index is 561. The van der Waals surface area contributed by atoms with E-state index in [0.717, 1.165) is 24.8 Å². The molecule has 0 bridgehead atoms. The average molecular weight is 276 g/mol. The van der Waals surface area contributed by atoms with Gasteiger partial charge < -0.3 is 13.9 Å². The minimum atomic E-state index is -0.383. The van der Waals surface area contributed by atoms with E-state index in [9.17, 15) is 4.79 Å². The Balaban J connectivity index is 1.86. The van der Waals surface area contributed by atoms with Gasteiger partial charge in [-0.05, 0) is 24.3 Å². The molecule has 4 rings (SSSR count). The van der Waals surface area contributed by atoms with Crippen LogP contribution in [0.5, 0.6) is 0 Å². The Morgan fingerprint density at radius 3 is 2.70 bits per heavy atom. The molecule has 3 aliphatic rings. The van der Waals surface area contributed by atoms with Crippen LogP contribution in [-0.4, -0.2) is 17.7 Å². The van der Waals surface area contributed by atoms with Gasteiger partial charge in [0, 0.05) is 11.0 Å². The van der Waals surface area contributed by atoms with Crippen LogP contribution in [0, 0.1) is 10.8 Å². The highest BCUT2D eigenvalue weighted by Gasteiger charge is 2.82. The molecule has 108 valence electrons. The van der Waals surface area contributed by atoms with E-state index in [1.165, 1.54) is 0 Å². The second kappa shape index (κ2) is 3.48. The second-order valence-corrected chi connectivity index (χ2v) is 7.26. The number of hydrogen-bond donors (Lipinski definition) is 0. The molecule has 2 aliphatic heterocycles. The Labute approximate surface area is 118 Å². The zero-order valence-corrected chi connectivity index (χ0v) is 12.1. The Kier molecular flexibility index (Phi) is 2.16. The topological polar surface area (TPSA) is 52.0 Å². The zero-order valence-electron chi connectivity index (χ0n) is 12.1. The van der Waals surface area contributed by atoms with Crippen molar-refractivity contribution >= 4 is 5.97 Å². The number of esters is 1. The summed E-state index contributed by atoms with van der Waals surface area (Å²) < 4.78 is 16.9. The summed E-state index contributed by atoms with van der Waals surface area (Å²) in [5.74, 6) is -0.219. The average Bonchev–Trinajstić information content (AvgIpc) is 2.96. The van der Waals surface area contributed by atoms with Crippen molar-refractivity contribution in [1.29, 1.82) is 0 Å². The van der Waals surface area contributed by atoms with Crippen LogP contribution in [0.1, 0.15) is 51.7 Å². The molecule has 0 amide bonds. The van der Waals surface area contributed by atoms with Crippen molar-refractivity contribution < 1.29 is 18.7 Å². The highest BCUT2D eigenvalue weighted by molar-refractivity contribution is 5.82. The maximum atomic E-state index is 12.2. The predicted octanol–water partition coefficient (Wildman–Crippen LogP) is 3.23. The van der Waals surface area contributed by atoms with Gasteiger partial charge in [-0.2, -0.15) is 0 Å². The van der Waals surface area contributed by atoms with E-state index in [-0.39, 0.29) is 34.6 Å². The quantitative estimate of drug-likeness (QED) is 0.583. The largest absolute Gasteiger partial charge is 0.472 e. The zero-order chi connectivity index (χ0) is 14.2. The van der Waals surface area contributed by atoms with Crippen molar-refractivity contribution in [2.24, 2.45) is 10.8 Å². The van der Waals surface area contributed by atoms with Crippen LogP contribution in [0.25, 0.3) is 0 Å². The first-order chi connectivity index (χ1) is 9.42. The molecular formula is C16H20O4. The van der Waals surface area contributed by atoms with Crippen LogP contribution in [0.3, 0.4) is 0 Å². The number of carbonyl (C=O) groups is 1. The summed E-state index contributed by atoms with van der Waals surface area (Å²) in [7, 11) is 0. The fourth-order valence-corrected chi connectivity index (χ4v) is 4.85. The third-order valence-electron chi connectivity index (χ3n) is 5.84. The minimum Gasteiger partial charge on any atom is -0.472 e. The van der Waals surface area contributed by atoms with E-state index in [1.807, 2.05) is 6.07 Å². The van der Waals surface area contributed by atoms with Gasteiger partial charge >= 0.3 is 5.97 Å². The fraction of sp³-hybridized carbons (Fsp3) is 0.688. The summed E-state index contributed by atoms with van der Waals surface area (Å²) in [5, 5.41) is 0. The van der Waals surface area contributed by atoms with Crippen molar-refractivity contribution in [2.75, 3.05) is 0 Å². The van der Waals surface area contributed by atoms with Crippen LogP contribution >= 0.6 is 0 Å². The number of cyclic esters (lactones) is 1. The van der Waals surface area contributed by atoms with Gasteiger partial charge in [0.15, 0.2) is 6.10 Å². The summed E-state index contributed by atoms with van der Waals surface area (Å²) >= 11 is 0. The van der Waals surface area contributed by atoms with E-state index in [4.69, 9.17) is 13.9 Å². The van der Waals surface area contributed by atoms with E-state index in [0.29, 0.717) is 0 Å². The van der Waals surface area contributed by atoms with Crippen molar-refractivity contribution in [3.8, 4) is 0 Å². The molecule has 1 aromatic heterocycles. The Morgan fingerprint density at radius 2 is 2.00 bits per heavy atom. The van der Waals surface area contributed by atoms with Gasteiger partial charge in [-0.3, -0.25) is 0 Å². The smallest absolute Gasteiger partial charge is 0.339 e. The first-order valence-corrected chi connectivity index (χ1v) is 7.33. The third-order valence-corrected chi connectivity index (χ3v) is 5.84. The van der Waals surface area contributed by atoms with E-state index < -0.39 is 0 Å². The number of ether oxygens (including phenoxy) is 2. The van der Waals surface area contributed by atoms with E-state index >= 15 is 0 Å². The van der Waals surface area contributed by atoms with Gasteiger partial charge in [0.1, 0.15) is 11.7 Å². The Morgan fingerprint density at radius 1 is 1.20 bits per heavy atom. The van der Waals surface area contributed by atoms with Crippen molar-refractivity contribution in [3.63, 3.8) is 0 Å². The van der Waals surface area contributed by atoms with Crippen LogP contribution < -0.4 is 0 Å². The summed E-state index contributed by atoms with van der Waals surface area (Å²) in [5.41, 5.74) is 0.366. The van der Waals surface area contributed by atoms with Gasteiger partial charge in [-0.25, -0.2) is 4.79 Å². The molecule has 2 saturated heterocycles. The number of carbonyl (C=O) groups excluding carboxylic acids is 1.